The number of halogens is 6. The Morgan fingerprint density at radius 3 is 1.72 bits per heavy atom. The molecule has 0 heterocycles. The molecule has 1 aromatic carbocycles. The average molecular weight is 526 g/mol. The number of alkyl halides is 6. The van der Waals surface area contributed by atoms with Crippen LogP contribution < -0.4 is 10.6 Å². The van der Waals surface area contributed by atoms with Gasteiger partial charge in [0.2, 0.25) is 5.91 Å². The third-order valence-corrected chi connectivity index (χ3v) is 6.35. The number of likely N-dealkylation sites (N-methyl/N-ethyl adjacent to an activating group) is 2. The number of benzene rings is 1. The lowest BCUT2D eigenvalue weighted by Crippen LogP contribution is -2.39. The molecule has 5 nitrogen and oxygen atoms in total. The van der Waals surface area contributed by atoms with Gasteiger partial charge < -0.3 is 15.5 Å². The van der Waals surface area contributed by atoms with Gasteiger partial charge in [0.1, 0.15) is 6.29 Å². The molecule has 0 radical (unpaired) electrons. The lowest BCUT2D eigenvalue weighted by molar-refractivity contribution is -0.143. The molecule has 36 heavy (non-hydrogen) atoms. The smallest absolute Gasteiger partial charge is 0.342 e. The van der Waals surface area contributed by atoms with Gasteiger partial charge in [-0.25, -0.2) is 0 Å². The number of nitrogens with zero attached hydrogens (tertiary/aromatic N) is 1. The molecule has 0 atom stereocenters. The highest BCUT2D eigenvalue weighted by atomic mass is 19.4. The fraction of sp³-hybridized carbons (Fsp3) is 0.680. The van der Waals surface area contributed by atoms with Gasteiger partial charge in [-0.05, 0) is 58.0 Å². The van der Waals surface area contributed by atoms with Crippen molar-refractivity contribution in [2.75, 3.05) is 27.7 Å². The third kappa shape index (κ3) is 11.3. The van der Waals surface area contributed by atoms with Crippen molar-refractivity contribution in [3.05, 3.63) is 34.9 Å². The number of hydrogen-bond acceptors (Lipinski definition) is 4. The Morgan fingerprint density at radius 2 is 1.36 bits per heavy atom. The number of carbonyl (C=O) groups excluding carboxylic acids is 2. The average Bonchev–Trinajstić information content (AvgIpc) is 3.38. The van der Waals surface area contributed by atoms with E-state index < -0.39 is 29.0 Å². The predicted octanol–water partition coefficient (Wildman–Crippen LogP) is 5.68. The second-order valence-corrected chi connectivity index (χ2v) is 9.05. The van der Waals surface area contributed by atoms with E-state index in [9.17, 15) is 35.9 Å². The zero-order chi connectivity index (χ0) is 27.4. The summed E-state index contributed by atoms with van der Waals surface area (Å²) in [5.41, 5.74) is -3.66. The van der Waals surface area contributed by atoms with E-state index in [4.69, 9.17) is 0 Å². The van der Waals surface area contributed by atoms with Crippen LogP contribution in [0, 0.1) is 0 Å². The third-order valence-electron chi connectivity index (χ3n) is 6.35. The Hall–Kier alpha value is -2.14. The van der Waals surface area contributed by atoms with Crippen molar-refractivity contribution >= 4 is 12.2 Å². The largest absolute Gasteiger partial charge is 0.416 e. The van der Waals surface area contributed by atoms with Crippen LogP contribution in [-0.4, -0.2) is 56.9 Å². The number of carbonyl (C=O) groups is 2. The maximum atomic E-state index is 12.2. The maximum Gasteiger partial charge on any atom is 0.416 e. The standard InChI is InChI=1S/C9H4F6O.C9H18N2O.C7H15N/c10-8(11,12)6-1-5(4-16)2-7(3-6)9(13,14)15;1-10-7-9(12)11(2)8-5-3-4-6-8;1-8-7-5-3-2-4-6-7/h1-4H;8,10H,3-7H2,1-2H3;7-8H,2-6H2,1H3. The molecule has 2 N–H and O–H groups in total. The monoisotopic (exact) mass is 525 g/mol. The molecule has 2 aliphatic rings. The fourth-order valence-electron chi connectivity index (χ4n) is 4.21. The second kappa shape index (κ2) is 15.2. The van der Waals surface area contributed by atoms with E-state index in [-0.39, 0.29) is 18.3 Å². The zero-order valence-corrected chi connectivity index (χ0v) is 21.1. The molecule has 0 aromatic heterocycles. The van der Waals surface area contributed by atoms with Crippen molar-refractivity contribution in [2.45, 2.75) is 82.2 Å². The Labute approximate surface area is 209 Å². The highest BCUT2D eigenvalue weighted by molar-refractivity contribution is 5.78. The van der Waals surface area contributed by atoms with Crippen LogP contribution in [0.3, 0.4) is 0 Å². The minimum Gasteiger partial charge on any atom is -0.342 e. The van der Waals surface area contributed by atoms with Crippen molar-refractivity contribution in [2.24, 2.45) is 0 Å². The van der Waals surface area contributed by atoms with Gasteiger partial charge in [-0.15, -0.1) is 0 Å². The first-order valence-corrected chi connectivity index (χ1v) is 12.2. The Balaban J connectivity index is 0.000000285. The minimum absolute atomic E-state index is 0.0347. The summed E-state index contributed by atoms with van der Waals surface area (Å²) in [4.78, 5) is 23.5. The molecule has 2 saturated carbocycles. The molecule has 206 valence electrons. The van der Waals surface area contributed by atoms with E-state index >= 15 is 0 Å². The summed E-state index contributed by atoms with van der Waals surface area (Å²) in [7, 11) is 5.78. The maximum absolute atomic E-state index is 12.2. The predicted molar refractivity (Wildman–Crippen MR) is 127 cm³/mol. The number of nitrogens with one attached hydrogen (secondary N) is 2. The number of hydrogen-bond donors (Lipinski definition) is 2. The van der Waals surface area contributed by atoms with Crippen molar-refractivity contribution < 1.29 is 35.9 Å². The van der Waals surface area contributed by atoms with Crippen molar-refractivity contribution in [1.82, 2.24) is 15.5 Å². The Morgan fingerprint density at radius 1 is 0.889 bits per heavy atom. The first-order valence-electron chi connectivity index (χ1n) is 12.2. The van der Waals surface area contributed by atoms with Gasteiger partial charge in [-0.2, -0.15) is 26.3 Å². The van der Waals surface area contributed by atoms with Crippen LogP contribution in [0.5, 0.6) is 0 Å². The molecular weight excluding hydrogens is 488 g/mol. The van der Waals surface area contributed by atoms with Gasteiger partial charge in [0.15, 0.2) is 0 Å². The summed E-state index contributed by atoms with van der Waals surface area (Å²) in [6.07, 6.45) is 2.16. The van der Waals surface area contributed by atoms with Gasteiger partial charge >= 0.3 is 12.4 Å². The fourth-order valence-corrected chi connectivity index (χ4v) is 4.21. The van der Waals surface area contributed by atoms with Gasteiger partial charge in [0.05, 0.1) is 17.7 Å². The number of rotatable bonds is 5. The van der Waals surface area contributed by atoms with E-state index in [0.717, 1.165) is 6.04 Å². The summed E-state index contributed by atoms with van der Waals surface area (Å²) in [5.74, 6) is 0.212. The van der Waals surface area contributed by atoms with Crippen LogP contribution in [-0.2, 0) is 17.1 Å². The van der Waals surface area contributed by atoms with E-state index in [2.05, 4.69) is 17.7 Å². The van der Waals surface area contributed by atoms with Gasteiger partial charge in [-0.3, -0.25) is 9.59 Å². The Kier molecular flexibility index (Phi) is 13.5. The highest BCUT2D eigenvalue weighted by Gasteiger charge is 2.36. The molecule has 1 amide bonds. The lowest BCUT2D eigenvalue weighted by Gasteiger charge is -2.24. The minimum atomic E-state index is -4.92. The normalized spacial score (nSPS) is 16.9. The van der Waals surface area contributed by atoms with Crippen LogP contribution in [0.4, 0.5) is 26.3 Å². The number of aldehydes is 1. The van der Waals surface area contributed by atoms with Gasteiger partial charge in [0, 0.05) is 24.7 Å². The van der Waals surface area contributed by atoms with Crippen molar-refractivity contribution in [1.29, 1.82) is 0 Å². The molecular formula is C25H37F6N3O2. The highest BCUT2D eigenvalue weighted by Crippen LogP contribution is 2.36. The first-order chi connectivity index (χ1) is 16.8. The van der Waals surface area contributed by atoms with Crippen molar-refractivity contribution in [3.8, 4) is 0 Å². The summed E-state index contributed by atoms with van der Waals surface area (Å²) < 4.78 is 73.1. The molecule has 0 aliphatic heterocycles. The molecule has 0 bridgehead atoms. The van der Waals surface area contributed by atoms with E-state index in [1.54, 1.807) is 7.05 Å². The van der Waals surface area contributed by atoms with E-state index in [1.807, 2.05) is 11.9 Å². The molecule has 2 aliphatic carbocycles. The summed E-state index contributed by atoms with van der Waals surface area (Å²) >= 11 is 0. The van der Waals surface area contributed by atoms with E-state index in [1.165, 1.54) is 57.8 Å². The quantitative estimate of drug-likeness (QED) is 0.384. The second-order valence-electron chi connectivity index (χ2n) is 9.05. The van der Waals surface area contributed by atoms with Crippen LogP contribution in [0.25, 0.3) is 0 Å². The first kappa shape index (κ1) is 31.9. The topological polar surface area (TPSA) is 61.4 Å². The van der Waals surface area contributed by atoms with Crippen LogP contribution in [0.2, 0.25) is 0 Å². The lowest BCUT2D eigenvalue weighted by atomic mass is 9.96. The summed E-state index contributed by atoms with van der Waals surface area (Å²) in [6.45, 7) is 0.465. The van der Waals surface area contributed by atoms with Crippen molar-refractivity contribution in [3.63, 3.8) is 0 Å². The molecule has 0 spiro atoms. The summed E-state index contributed by atoms with van der Waals surface area (Å²) in [5, 5.41) is 6.18. The summed E-state index contributed by atoms with van der Waals surface area (Å²) in [6, 6.07) is 2.03. The van der Waals surface area contributed by atoms with Gasteiger partial charge in [-0.1, -0.05) is 32.1 Å². The molecule has 1 aromatic rings. The molecule has 0 unspecified atom stereocenters. The zero-order valence-electron chi connectivity index (χ0n) is 21.1. The van der Waals surface area contributed by atoms with Crippen LogP contribution >= 0.6 is 0 Å². The van der Waals surface area contributed by atoms with Gasteiger partial charge in [0.25, 0.3) is 0 Å². The number of amides is 1. The molecule has 2 fully saturated rings. The Bertz CT molecular complexity index is 770. The van der Waals surface area contributed by atoms with Crippen LogP contribution in [0.15, 0.2) is 18.2 Å². The van der Waals surface area contributed by atoms with Crippen LogP contribution in [0.1, 0.15) is 79.3 Å². The van der Waals surface area contributed by atoms with E-state index in [0.29, 0.717) is 24.7 Å². The molecule has 3 rings (SSSR count). The molecule has 11 heteroatoms. The molecule has 0 saturated heterocycles. The SMILES string of the molecule is CNC1CCCCC1.CNCC(=O)N(C)C1CCCC1.O=Cc1cc(C(F)(F)F)cc(C(F)(F)F)c1.